The molecule has 124 valence electrons. The number of nitrogens with one attached hydrogen (secondary N) is 1. The summed E-state index contributed by atoms with van der Waals surface area (Å²) in [5.74, 6) is -1.11. The Morgan fingerprint density at radius 3 is 2.74 bits per heavy atom. The Hall–Kier alpha value is -2.70. The molecule has 0 saturated carbocycles. The van der Waals surface area contributed by atoms with Crippen molar-refractivity contribution in [3.63, 3.8) is 0 Å². The molecule has 1 rings (SSSR count). The monoisotopic (exact) mass is 320 g/mol. The minimum absolute atomic E-state index is 0.0220. The van der Waals surface area contributed by atoms with E-state index in [2.05, 4.69) is 5.32 Å². The molecule has 0 heterocycles. The van der Waals surface area contributed by atoms with E-state index in [-0.39, 0.29) is 29.8 Å². The number of nitrogens with zero attached hydrogens (tertiary/aromatic N) is 1. The minimum Gasteiger partial charge on any atom is -0.452 e. The number of nitro benzene ring substituents is 1. The summed E-state index contributed by atoms with van der Waals surface area (Å²) in [5.41, 5.74) is 0.179. The quantitative estimate of drug-likeness (QED) is 0.343. The fraction of sp³-hybridized carbons (Fsp3) is 0.375. The van der Waals surface area contributed by atoms with Crippen LogP contribution in [0.5, 0.6) is 0 Å². The summed E-state index contributed by atoms with van der Waals surface area (Å²) in [7, 11) is 0. The normalized spacial score (nSPS) is 11.9. The topological polar surface area (TPSA) is 98.5 Å². The minimum atomic E-state index is -0.735. The van der Waals surface area contributed by atoms with Crippen LogP contribution in [0.4, 0.5) is 5.69 Å². The Kier molecular flexibility index (Phi) is 7.45. The molecule has 1 N–H and O–H groups in total. The molecule has 1 unspecified atom stereocenters. The van der Waals surface area contributed by atoms with E-state index >= 15 is 0 Å². The van der Waals surface area contributed by atoms with E-state index in [9.17, 15) is 19.7 Å². The number of ether oxygens (including phenoxy) is 1. The number of benzene rings is 1. The highest BCUT2D eigenvalue weighted by atomic mass is 16.6. The largest absolute Gasteiger partial charge is 0.452 e. The van der Waals surface area contributed by atoms with Crippen LogP contribution in [0, 0.1) is 10.1 Å². The van der Waals surface area contributed by atoms with Crippen molar-refractivity contribution in [2.75, 3.05) is 6.61 Å². The summed E-state index contributed by atoms with van der Waals surface area (Å²) in [4.78, 5) is 33.4. The molecule has 7 heteroatoms. The maximum absolute atomic E-state index is 11.6. The highest BCUT2D eigenvalue weighted by Gasteiger charge is 2.11. The van der Waals surface area contributed by atoms with Gasteiger partial charge in [-0.15, -0.1) is 0 Å². The average molecular weight is 320 g/mol. The second-order valence-corrected chi connectivity index (χ2v) is 5.01. The van der Waals surface area contributed by atoms with Gasteiger partial charge in [0, 0.05) is 18.2 Å². The molecular weight excluding hydrogens is 300 g/mol. The van der Waals surface area contributed by atoms with Crippen molar-refractivity contribution in [3.8, 4) is 0 Å². The van der Waals surface area contributed by atoms with Gasteiger partial charge in [-0.05, 0) is 25.5 Å². The summed E-state index contributed by atoms with van der Waals surface area (Å²) in [6.07, 6.45) is 4.14. The zero-order valence-corrected chi connectivity index (χ0v) is 13.2. The molecule has 1 aromatic rings. The average Bonchev–Trinajstić information content (AvgIpc) is 2.51. The standard InChI is InChI=1S/C16H20N2O5/c1-3-6-12(2)17-15(19)11-23-16(20)10-9-13-7-4-5-8-14(13)18(21)22/h4-5,7-10,12H,3,6,11H2,1-2H3,(H,17,19)/b10-9+. The molecule has 0 saturated heterocycles. The van der Waals surface area contributed by atoms with Gasteiger partial charge in [-0.2, -0.15) is 0 Å². The van der Waals surface area contributed by atoms with E-state index in [1.165, 1.54) is 24.3 Å². The lowest BCUT2D eigenvalue weighted by Gasteiger charge is -2.12. The number of nitro groups is 1. The molecule has 1 aromatic carbocycles. The number of para-hydroxylation sites is 1. The molecule has 1 atom stereocenters. The van der Waals surface area contributed by atoms with E-state index < -0.39 is 10.9 Å². The third-order valence-electron chi connectivity index (χ3n) is 3.01. The van der Waals surface area contributed by atoms with Gasteiger partial charge >= 0.3 is 5.97 Å². The SMILES string of the molecule is CCCC(C)NC(=O)COC(=O)/C=C/c1ccccc1[N+](=O)[O-]. The first-order valence-corrected chi connectivity index (χ1v) is 7.31. The second-order valence-electron chi connectivity index (χ2n) is 5.01. The summed E-state index contributed by atoms with van der Waals surface area (Å²) in [6, 6.07) is 6.04. The highest BCUT2D eigenvalue weighted by Crippen LogP contribution is 2.18. The van der Waals surface area contributed by atoms with Crippen LogP contribution >= 0.6 is 0 Å². The Bertz CT molecular complexity index is 598. The lowest BCUT2D eigenvalue weighted by molar-refractivity contribution is -0.385. The van der Waals surface area contributed by atoms with Gasteiger partial charge in [0.15, 0.2) is 6.61 Å². The van der Waals surface area contributed by atoms with E-state index in [0.29, 0.717) is 0 Å². The van der Waals surface area contributed by atoms with Gasteiger partial charge in [0.05, 0.1) is 10.5 Å². The zero-order chi connectivity index (χ0) is 17.2. The molecule has 0 fully saturated rings. The molecule has 0 aliphatic heterocycles. The smallest absolute Gasteiger partial charge is 0.331 e. The number of carbonyl (C=O) groups is 2. The molecule has 0 aliphatic carbocycles. The van der Waals surface area contributed by atoms with Crippen molar-refractivity contribution in [3.05, 3.63) is 46.0 Å². The number of esters is 1. The van der Waals surface area contributed by atoms with Crippen LogP contribution in [-0.2, 0) is 14.3 Å². The number of hydrogen-bond donors (Lipinski definition) is 1. The first-order chi connectivity index (χ1) is 10.9. The Labute approximate surface area is 134 Å². The van der Waals surface area contributed by atoms with Crippen molar-refractivity contribution in [1.82, 2.24) is 5.32 Å². The predicted octanol–water partition coefficient (Wildman–Crippen LogP) is 2.46. The van der Waals surface area contributed by atoms with Crippen LogP contribution in [0.3, 0.4) is 0 Å². The summed E-state index contributed by atoms with van der Waals surface area (Å²) >= 11 is 0. The summed E-state index contributed by atoms with van der Waals surface area (Å²) < 4.78 is 4.80. The van der Waals surface area contributed by atoms with E-state index in [1.807, 2.05) is 13.8 Å². The maximum atomic E-state index is 11.6. The van der Waals surface area contributed by atoms with Crippen LogP contribution in [0.1, 0.15) is 32.3 Å². The van der Waals surface area contributed by atoms with Crippen LogP contribution in [0.2, 0.25) is 0 Å². The zero-order valence-electron chi connectivity index (χ0n) is 13.2. The Morgan fingerprint density at radius 1 is 1.39 bits per heavy atom. The molecule has 0 aromatic heterocycles. The van der Waals surface area contributed by atoms with Gasteiger partial charge < -0.3 is 10.1 Å². The van der Waals surface area contributed by atoms with Gasteiger partial charge in [0.2, 0.25) is 0 Å². The van der Waals surface area contributed by atoms with Crippen molar-refractivity contribution >= 4 is 23.6 Å². The molecule has 23 heavy (non-hydrogen) atoms. The fourth-order valence-electron chi connectivity index (χ4n) is 1.96. The van der Waals surface area contributed by atoms with Crippen LogP contribution in [0.25, 0.3) is 6.08 Å². The lowest BCUT2D eigenvalue weighted by Crippen LogP contribution is -2.35. The first kappa shape index (κ1) is 18.3. The molecule has 0 spiro atoms. The van der Waals surface area contributed by atoms with E-state index in [1.54, 1.807) is 6.07 Å². The molecular formula is C16H20N2O5. The number of amides is 1. The van der Waals surface area contributed by atoms with Gasteiger partial charge in [0.25, 0.3) is 11.6 Å². The van der Waals surface area contributed by atoms with Gasteiger partial charge in [-0.1, -0.05) is 25.5 Å². The molecule has 7 nitrogen and oxygen atoms in total. The van der Waals surface area contributed by atoms with E-state index in [0.717, 1.165) is 18.9 Å². The number of carbonyl (C=O) groups excluding carboxylic acids is 2. The van der Waals surface area contributed by atoms with Crippen LogP contribution in [0.15, 0.2) is 30.3 Å². The third-order valence-corrected chi connectivity index (χ3v) is 3.01. The third kappa shape index (κ3) is 6.73. The predicted molar refractivity (Wildman–Crippen MR) is 85.6 cm³/mol. The van der Waals surface area contributed by atoms with Gasteiger partial charge in [0.1, 0.15) is 0 Å². The van der Waals surface area contributed by atoms with Crippen LogP contribution < -0.4 is 5.32 Å². The molecule has 0 bridgehead atoms. The molecule has 0 aliphatic rings. The van der Waals surface area contributed by atoms with Crippen molar-refractivity contribution < 1.29 is 19.2 Å². The van der Waals surface area contributed by atoms with Crippen molar-refractivity contribution in [2.24, 2.45) is 0 Å². The van der Waals surface area contributed by atoms with Crippen molar-refractivity contribution in [2.45, 2.75) is 32.7 Å². The fourth-order valence-corrected chi connectivity index (χ4v) is 1.96. The van der Waals surface area contributed by atoms with Crippen LogP contribution in [-0.4, -0.2) is 29.4 Å². The molecule has 1 amide bonds. The van der Waals surface area contributed by atoms with Gasteiger partial charge in [-0.25, -0.2) is 4.79 Å². The Balaban J connectivity index is 2.51. The van der Waals surface area contributed by atoms with Crippen molar-refractivity contribution in [1.29, 1.82) is 0 Å². The van der Waals surface area contributed by atoms with Gasteiger partial charge in [-0.3, -0.25) is 14.9 Å². The second kappa shape index (κ2) is 9.34. The summed E-state index contributed by atoms with van der Waals surface area (Å²) in [5, 5.41) is 13.5. The first-order valence-electron chi connectivity index (χ1n) is 7.31. The highest BCUT2D eigenvalue weighted by molar-refractivity contribution is 5.89. The Morgan fingerprint density at radius 2 is 2.09 bits per heavy atom. The number of rotatable bonds is 8. The number of hydrogen-bond acceptors (Lipinski definition) is 5. The lowest BCUT2D eigenvalue weighted by atomic mass is 10.1. The summed E-state index contributed by atoms with van der Waals surface area (Å²) in [6.45, 7) is 3.50. The van der Waals surface area contributed by atoms with E-state index in [4.69, 9.17) is 4.74 Å². The molecule has 0 radical (unpaired) electrons. The maximum Gasteiger partial charge on any atom is 0.331 e.